The lowest BCUT2D eigenvalue weighted by molar-refractivity contribution is 0.0736. The van der Waals surface area contributed by atoms with Gasteiger partial charge in [0.15, 0.2) is 5.76 Å². The van der Waals surface area contributed by atoms with E-state index in [1.807, 2.05) is 38.1 Å². The van der Waals surface area contributed by atoms with Crippen molar-refractivity contribution in [2.75, 3.05) is 20.2 Å². The van der Waals surface area contributed by atoms with Crippen LogP contribution in [0.5, 0.6) is 5.75 Å². The lowest BCUT2D eigenvalue weighted by Crippen LogP contribution is -2.30. The molecule has 5 nitrogen and oxygen atoms in total. The van der Waals surface area contributed by atoms with Gasteiger partial charge in [-0.1, -0.05) is 42.5 Å². The van der Waals surface area contributed by atoms with Crippen molar-refractivity contribution >= 4 is 5.91 Å². The molecule has 1 amide bonds. The number of carbonyl (C=O) groups is 1. The molecule has 2 aromatic carbocycles. The SMILES string of the molecule is CCN(CC)C(=O)c1ccc(CN(Cc2ccccc2)Cc2ccc(OC)cc2)o1. The Morgan fingerprint density at radius 1 is 0.833 bits per heavy atom. The van der Waals surface area contributed by atoms with E-state index in [-0.39, 0.29) is 5.91 Å². The van der Waals surface area contributed by atoms with Crippen LogP contribution in [0.15, 0.2) is 71.1 Å². The van der Waals surface area contributed by atoms with Gasteiger partial charge in [0, 0.05) is 26.2 Å². The lowest BCUT2D eigenvalue weighted by Gasteiger charge is -2.22. The van der Waals surface area contributed by atoms with Gasteiger partial charge in [-0.3, -0.25) is 9.69 Å². The lowest BCUT2D eigenvalue weighted by atomic mass is 10.1. The van der Waals surface area contributed by atoms with Crippen LogP contribution in [0.3, 0.4) is 0 Å². The summed E-state index contributed by atoms with van der Waals surface area (Å²) >= 11 is 0. The highest BCUT2D eigenvalue weighted by Crippen LogP contribution is 2.19. The summed E-state index contributed by atoms with van der Waals surface area (Å²) in [6, 6.07) is 22.2. The van der Waals surface area contributed by atoms with Crippen LogP contribution in [0.1, 0.15) is 41.3 Å². The average Bonchev–Trinajstić information content (AvgIpc) is 3.24. The van der Waals surface area contributed by atoms with Crippen molar-refractivity contribution < 1.29 is 13.9 Å². The summed E-state index contributed by atoms with van der Waals surface area (Å²) < 4.78 is 11.2. The summed E-state index contributed by atoms with van der Waals surface area (Å²) in [4.78, 5) is 16.6. The van der Waals surface area contributed by atoms with Gasteiger partial charge in [-0.2, -0.15) is 0 Å². The zero-order valence-electron chi connectivity index (χ0n) is 18.0. The number of nitrogens with zero attached hydrogens (tertiary/aromatic N) is 2. The minimum absolute atomic E-state index is 0.0592. The molecule has 0 saturated heterocycles. The standard InChI is InChI=1S/C25H30N2O3/c1-4-27(5-2)25(28)24-16-15-23(30-24)19-26(17-20-9-7-6-8-10-20)18-21-11-13-22(29-3)14-12-21/h6-16H,4-5,17-19H2,1-3H3. The molecule has 0 aliphatic carbocycles. The van der Waals surface area contributed by atoms with Crippen molar-refractivity contribution in [2.45, 2.75) is 33.5 Å². The Hall–Kier alpha value is -3.05. The first kappa shape index (κ1) is 21.7. The van der Waals surface area contributed by atoms with Gasteiger partial charge in [0.2, 0.25) is 0 Å². The molecule has 30 heavy (non-hydrogen) atoms. The van der Waals surface area contributed by atoms with Gasteiger partial charge in [0.25, 0.3) is 5.91 Å². The topological polar surface area (TPSA) is 45.9 Å². The Balaban J connectivity index is 1.75. The highest BCUT2D eigenvalue weighted by molar-refractivity contribution is 5.91. The number of hydrogen-bond acceptors (Lipinski definition) is 4. The van der Waals surface area contributed by atoms with Crippen LogP contribution in [0.2, 0.25) is 0 Å². The van der Waals surface area contributed by atoms with Crippen molar-refractivity contribution in [3.05, 3.63) is 89.4 Å². The molecule has 3 aromatic rings. The molecule has 0 spiro atoms. The maximum atomic E-state index is 12.6. The molecule has 0 atom stereocenters. The first-order valence-corrected chi connectivity index (χ1v) is 10.4. The number of furan rings is 1. The molecule has 3 rings (SSSR count). The molecule has 0 aliphatic rings. The number of amides is 1. The van der Waals surface area contributed by atoms with Gasteiger partial charge in [0.05, 0.1) is 13.7 Å². The Morgan fingerprint density at radius 3 is 2.07 bits per heavy atom. The van der Waals surface area contributed by atoms with Crippen LogP contribution >= 0.6 is 0 Å². The molecule has 0 unspecified atom stereocenters. The quantitative estimate of drug-likeness (QED) is 0.477. The first-order valence-electron chi connectivity index (χ1n) is 10.4. The van der Waals surface area contributed by atoms with Crippen molar-refractivity contribution in [2.24, 2.45) is 0 Å². The van der Waals surface area contributed by atoms with Crippen molar-refractivity contribution in [3.63, 3.8) is 0 Å². The summed E-state index contributed by atoms with van der Waals surface area (Å²) in [5, 5.41) is 0. The summed E-state index contributed by atoms with van der Waals surface area (Å²) in [6.45, 7) is 7.45. The molecule has 0 bridgehead atoms. The molecule has 1 aromatic heterocycles. The second-order valence-electron chi connectivity index (χ2n) is 7.22. The number of carbonyl (C=O) groups excluding carboxylic acids is 1. The number of ether oxygens (including phenoxy) is 1. The summed E-state index contributed by atoms with van der Waals surface area (Å²) in [5.74, 6) is 1.97. The second-order valence-corrected chi connectivity index (χ2v) is 7.22. The third-order valence-electron chi connectivity index (χ3n) is 5.12. The van der Waals surface area contributed by atoms with Crippen LogP contribution in [0.25, 0.3) is 0 Å². The Morgan fingerprint density at radius 2 is 1.47 bits per heavy atom. The second kappa shape index (κ2) is 10.6. The summed E-state index contributed by atoms with van der Waals surface area (Å²) in [6.07, 6.45) is 0. The zero-order valence-corrected chi connectivity index (χ0v) is 18.0. The van der Waals surface area contributed by atoms with E-state index in [9.17, 15) is 4.79 Å². The molecule has 0 saturated carbocycles. The average molecular weight is 407 g/mol. The molecule has 158 valence electrons. The Labute approximate surface area is 178 Å². The minimum Gasteiger partial charge on any atom is -0.497 e. The highest BCUT2D eigenvalue weighted by atomic mass is 16.5. The Kier molecular flexibility index (Phi) is 7.69. The molecule has 1 heterocycles. The van der Waals surface area contributed by atoms with E-state index >= 15 is 0 Å². The maximum Gasteiger partial charge on any atom is 0.289 e. The largest absolute Gasteiger partial charge is 0.497 e. The van der Waals surface area contributed by atoms with Crippen LogP contribution in [-0.4, -0.2) is 35.9 Å². The highest BCUT2D eigenvalue weighted by Gasteiger charge is 2.18. The van der Waals surface area contributed by atoms with Gasteiger partial charge >= 0.3 is 0 Å². The van der Waals surface area contributed by atoms with E-state index in [1.165, 1.54) is 11.1 Å². The fraction of sp³-hybridized carbons (Fsp3) is 0.320. The van der Waals surface area contributed by atoms with Gasteiger partial charge < -0.3 is 14.1 Å². The smallest absolute Gasteiger partial charge is 0.289 e. The number of benzene rings is 2. The fourth-order valence-corrected chi connectivity index (χ4v) is 3.46. The van der Waals surface area contributed by atoms with Crippen LogP contribution in [0, 0.1) is 0 Å². The zero-order chi connectivity index (χ0) is 21.3. The minimum atomic E-state index is -0.0592. The maximum absolute atomic E-state index is 12.6. The van der Waals surface area contributed by atoms with Crippen molar-refractivity contribution in [3.8, 4) is 5.75 Å². The Bertz CT molecular complexity index is 915. The van der Waals surface area contributed by atoms with Crippen LogP contribution in [-0.2, 0) is 19.6 Å². The van der Waals surface area contributed by atoms with Crippen molar-refractivity contribution in [1.82, 2.24) is 9.80 Å². The predicted octanol–water partition coefficient (Wildman–Crippen LogP) is 4.97. The summed E-state index contributed by atoms with van der Waals surface area (Å²) in [7, 11) is 1.67. The number of rotatable bonds is 10. The van der Waals surface area contributed by atoms with E-state index in [4.69, 9.17) is 9.15 Å². The van der Waals surface area contributed by atoms with E-state index in [0.717, 1.165) is 24.6 Å². The van der Waals surface area contributed by atoms with Crippen molar-refractivity contribution in [1.29, 1.82) is 0 Å². The number of hydrogen-bond donors (Lipinski definition) is 0. The van der Waals surface area contributed by atoms with E-state index in [1.54, 1.807) is 18.1 Å². The normalized spacial score (nSPS) is 10.9. The fourth-order valence-electron chi connectivity index (χ4n) is 3.46. The molecule has 0 N–H and O–H groups in total. The molecular formula is C25H30N2O3. The predicted molar refractivity (Wildman–Crippen MR) is 118 cm³/mol. The molecule has 0 fully saturated rings. The van der Waals surface area contributed by atoms with Gasteiger partial charge in [-0.05, 0) is 49.2 Å². The summed E-state index contributed by atoms with van der Waals surface area (Å²) in [5.41, 5.74) is 2.43. The van der Waals surface area contributed by atoms with E-state index < -0.39 is 0 Å². The molecule has 5 heteroatoms. The number of methoxy groups -OCH3 is 1. The molecular weight excluding hydrogens is 376 g/mol. The first-order chi connectivity index (χ1) is 14.6. The van der Waals surface area contributed by atoms with Gasteiger partial charge in [-0.15, -0.1) is 0 Å². The van der Waals surface area contributed by atoms with E-state index in [2.05, 4.69) is 41.3 Å². The third kappa shape index (κ3) is 5.74. The van der Waals surface area contributed by atoms with E-state index in [0.29, 0.717) is 25.4 Å². The molecule has 0 radical (unpaired) electrons. The third-order valence-corrected chi connectivity index (χ3v) is 5.12. The monoisotopic (exact) mass is 406 g/mol. The van der Waals surface area contributed by atoms with Gasteiger partial charge in [-0.25, -0.2) is 0 Å². The van der Waals surface area contributed by atoms with Crippen LogP contribution < -0.4 is 4.74 Å². The van der Waals surface area contributed by atoms with Gasteiger partial charge in [0.1, 0.15) is 11.5 Å². The molecule has 0 aliphatic heterocycles. The van der Waals surface area contributed by atoms with Crippen LogP contribution in [0.4, 0.5) is 0 Å².